The van der Waals surface area contributed by atoms with Gasteiger partial charge in [-0.05, 0) is 37.6 Å². The fraction of sp³-hybridized carbons (Fsp3) is 0.688. The smallest absolute Gasteiger partial charge is 0.427 e. The van der Waals surface area contributed by atoms with Gasteiger partial charge in [0.05, 0.1) is 0 Å². The molecule has 1 fully saturated rings. The van der Waals surface area contributed by atoms with E-state index in [1.165, 1.54) is 0 Å². The number of alkyl halides is 3. The maximum atomic E-state index is 12.7. The van der Waals surface area contributed by atoms with E-state index in [9.17, 15) is 13.2 Å². The lowest BCUT2D eigenvalue weighted by Gasteiger charge is -2.35. The van der Waals surface area contributed by atoms with Crippen LogP contribution in [0.1, 0.15) is 37.8 Å². The van der Waals surface area contributed by atoms with Crippen molar-refractivity contribution in [3.05, 3.63) is 18.0 Å². The summed E-state index contributed by atoms with van der Waals surface area (Å²) in [5.74, 6) is 0.417. The van der Waals surface area contributed by atoms with Gasteiger partial charge in [-0.1, -0.05) is 12.8 Å². The van der Waals surface area contributed by atoms with Gasteiger partial charge in [-0.25, -0.2) is 9.97 Å². The van der Waals surface area contributed by atoms with E-state index in [1.807, 2.05) is 0 Å². The van der Waals surface area contributed by atoms with Crippen LogP contribution in [0.2, 0.25) is 6.32 Å². The molecule has 0 radical (unpaired) electrons. The molecule has 1 saturated heterocycles. The summed E-state index contributed by atoms with van der Waals surface area (Å²) in [4.78, 5) is 25.6. The standard InChI is InChI=1S/C15H24BF3N4O2.CO2/c17-15(18,19)13-4-8-21-14(22-13)23-9-5-11(6-10-23)12(20)3-1-2-7-16(24)25;2-1-3/h4,8,11-12,24-25H,1-3,5-7,9-10,20H2;. The van der Waals surface area contributed by atoms with Crippen molar-refractivity contribution < 1.29 is 32.8 Å². The number of hydrogen-bond donors (Lipinski definition) is 3. The average molecular weight is 404 g/mol. The predicted octanol–water partition coefficient (Wildman–Crippen LogP) is 1.10. The Morgan fingerprint density at radius 1 is 1.29 bits per heavy atom. The monoisotopic (exact) mass is 404 g/mol. The van der Waals surface area contributed by atoms with E-state index in [0.717, 1.165) is 37.9 Å². The van der Waals surface area contributed by atoms with Gasteiger partial charge in [0, 0.05) is 25.3 Å². The SMILES string of the molecule is NC(CCCCB(O)O)C1CCN(c2nccc(C(F)(F)F)n2)CC1.O=C=O. The molecule has 8 nitrogen and oxygen atoms in total. The van der Waals surface area contributed by atoms with Gasteiger partial charge in [-0.3, -0.25) is 0 Å². The second-order valence-electron chi connectivity index (χ2n) is 6.58. The predicted molar refractivity (Wildman–Crippen MR) is 93.8 cm³/mol. The topological polar surface area (TPSA) is 130 Å². The Balaban J connectivity index is 0.00000122. The quantitative estimate of drug-likeness (QED) is 0.455. The van der Waals surface area contributed by atoms with Gasteiger partial charge in [0.15, 0.2) is 0 Å². The summed E-state index contributed by atoms with van der Waals surface area (Å²) < 4.78 is 38.2. The highest BCUT2D eigenvalue weighted by Gasteiger charge is 2.34. The Morgan fingerprint density at radius 3 is 2.43 bits per heavy atom. The van der Waals surface area contributed by atoms with E-state index in [1.54, 1.807) is 4.90 Å². The van der Waals surface area contributed by atoms with Gasteiger partial charge >= 0.3 is 19.4 Å². The zero-order chi connectivity index (χ0) is 21.2. The number of nitrogens with two attached hydrogens (primary N) is 1. The Morgan fingerprint density at radius 2 is 1.89 bits per heavy atom. The highest BCUT2D eigenvalue weighted by atomic mass is 19.4. The Kier molecular flexibility index (Phi) is 10.1. The maximum absolute atomic E-state index is 12.7. The molecule has 2 heterocycles. The van der Waals surface area contributed by atoms with E-state index in [0.29, 0.717) is 31.7 Å². The summed E-state index contributed by atoms with van der Waals surface area (Å²) in [6, 6.07) is 0.885. The van der Waals surface area contributed by atoms with Gasteiger partial charge in [-0.15, -0.1) is 0 Å². The fourth-order valence-corrected chi connectivity index (χ4v) is 3.13. The van der Waals surface area contributed by atoms with Crippen molar-refractivity contribution in [2.45, 2.75) is 50.6 Å². The normalized spacial score (nSPS) is 16.0. The third kappa shape index (κ3) is 8.34. The molecule has 156 valence electrons. The molecule has 12 heteroatoms. The molecule has 28 heavy (non-hydrogen) atoms. The summed E-state index contributed by atoms with van der Waals surface area (Å²) >= 11 is 0. The number of carbonyl (C=O) groups excluding carboxylic acids is 2. The first-order valence-corrected chi connectivity index (χ1v) is 8.95. The minimum atomic E-state index is -4.47. The van der Waals surface area contributed by atoms with E-state index >= 15 is 0 Å². The van der Waals surface area contributed by atoms with Crippen LogP contribution in [-0.4, -0.2) is 52.4 Å². The summed E-state index contributed by atoms with van der Waals surface area (Å²) in [5.41, 5.74) is 5.28. The minimum Gasteiger partial charge on any atom is -0.427 e. The van der Waals surface area contributed by atoms with E-state index in [4.69, 9.17) is 25.4 Å². The molecular weight excluding hydrogens is 380 g/mol. The van der Waals surface area contributed by atoms with Crippen molar-refractivity contribution in [2.24, 2.45) is 11.7 Å². The molecule has 0 spiro atoms. The van der Waals surface area contributed by atoms with Crippen LogP contribution in [-0.2, 0) is 15.8 Å². The first-order valence-electron chi connectivity index (χ1n) is 8.95. The summed E-state index contributed by atoms with van der Waals surface area (Å²) in [6.07, 6.45) is 1.17. The van der Waals surface area contributed by atoms with Crippen LogP contribution in [0.4, 0.5) is 19.1 Å². The summed E-state index contributed by atoms with van der Waals surface area (Å²) in [7, 11) is -1.27. The van der Waals surface area contributed by atoms with Crippen LogP contribution in [0, 0.1) is 5.92 Å². The van der Waals surface area contributed by atoms with Gasteiger partial charge in [0.1, 0.15) is 5.69 Å². The van der Waals surface area contributed by atoms with Crippen LogP contribution in [0.25, 0.3) is 0 Å². The number of piperidine rings is 1. The summed E-state index contributed by atoms with van der Waals surface area (Å²) in [6.45, 7) is 1.16. The van der Waals surface area contributed by atoms with Crippen molar-refractivity contribution in [3.63, 3.8) is 0 Å². The van der Waals surface area contributed by atoms with Crippen molar-refractivity contribution in [3.8, 4) is 0 Å². The first-order chi connectivity index (χ1) is 13.2. The largest absolute Gasteiger partial charge is 0.451 e. The number of rotatable bonds is 7. The molecule has 1 aliphatic heterocycles. The lowest BCUT2D eigenvalue weighted by atomic mass is 9.82. The molecule has 2 rings (SSSR count). The first kappa shape index (κ1) is 24.0. The van der Waals surface area contributed by atoms with Crippen LogP contribution in [0.3, 0.4) is 0 Å². The Hall–Kier alpha value is -2.01. The molecule has 1 aromatic heterocycles. The van der Waals surface area contributed by atoms with E-state index < -0.39 is 19.0 Å². The van der Waals surface area contributed by atoms with Crippen LogP contribution in [0.15, 0.2) is 12.3 Å². The molecule has 1 atom stereocenters. The van der Waals surface area contributed by atoms with Gasteiger partial charge < -0.3 is 20.7 Å². The van der Waals surface area contributed by atoms with Crippen LogP contribution < -0.4 is 10.6 Å². The number of nitrogens with zero attached hydrogens (tertiary/aromatic N) is 3. The molecule has 0 aliphatic carbocycles. The van der Waals surface area contributed by atoms with Crippen molar-refractivity contribution in [1.82, 2.24) is 9.97 Å². The molecule has 0 aromatic carbocycles. The van der Waals surface area contributed by atoms with E-state index in [2.05, 4.69) is 9.97 Å². The molecular formula is C16H24BF3N4O4. The zero-order valence-corrected chi connectivity index (χ0v) is 15.3. The molecule has 1 unspecified atom stereocenters. The summed E-state index contributed by atoms with van der Waals surface area (Å²) in [5, 5.41) is 17.6. The number of hydrogen-bond acceptors (Lipinski definition) is 8. The zero-order valence-electron chi connectivity index (χ0n) is 15.3. The maximum Gasteiger partial charge on any atom is 0.451 e. The Bertz CT molecular complexity index is 622. The lowest BCUT2D eigenvalue weighted by molar-refractivity contribution is -0.191. The van der Waals surface area contributed by atoms with Crippen molar-refractivity contribution in [1.29, 1.82) is 0 Å². The lowest BCUT2D eigenvalue weighted by Crippen LogP contribution is -2.41. The number of anilines is 1. The van der Waals surface area contributed by atoms with Gasteiger partial charge in [-0.2, -0.15) is 22.8 Å². The van der Waals surface area contributed by atoms with E-state index in [-0.39, 0.29) is 18.1 Å². The third-order valence-corrected chi connectivity index (χ3v) is 4.61. The van der Waals surface area contributed by atoms with Crippen LogP contribution in [0.5, 0.6) is 0 Å². The number of unbranched alkanes of at least 4 members (excludes halogenated alkanes) is 1. The highest BCUT2D eigenvalue weighted by molar-refractivity contribution is 6.40. The molecule has 0 amide bonds. The van der Waals surface area contributed by atoms with Crippen LogP contribution >= 0.6 is 0 Å². The van der Waals surface area contributed by atoms with Crippen molar-refractivity contribution >= 4 is 19.2 Å². The second-order valence-corrected chi connectivity index (χ2v) is 6.58. The Labute approximate surface area is 161 Å². The second kappa shape index (κ2) is 11.8. The molecule has 1 aromatic rings. The molecule has 0 bridgehead atoms. The van der Waals surface area contributed by atoms with Crippen molar-refractivity contribution in [2.75, 3.05) is 18.0 Å². The molecule has 0 saturated carbocycles. The minimum absolute atomic E-state index is 0.0143. The average Bonchev–Trinajstić information content (AvgIpc) is 2.65. The molecule has 1 aliphatic rings. The number of halogens is 3. The highest BCUT2D eigenvalue weighted by Crippen LogP contribution is 2.29. The molecule has 4 N–H and O–H groups in total. The third-order valence-electron chi connectivity index (χ3n) is 4.61. The number of aromatic nitrogens is 2. The van der Waals surface area contributed by atoms with Gasteiger partial charge in [0.25, 0.3) is 0 Å². The van der Waals surface area contributed by atoms with Gasteiger partial charge in [0.2, 0.25) is 5.95 Å². The fourth-order valence-electron chi connectivity index (χ4n) is 3.13.